The molecule has 0 unspecified atom stereocenters. The molecular formula is C17H22N4O3. The number of carbonyl (C=O) groups is 1. The zero-order valence-corrected chi connectivity index (χ0v) is 13.8. The molecular weight excluding hydrogens is 308 g/mol. The highest BCUT2D eigenvalue weighted by molar-refractivity contribution is 5.97. The fourth-order valence-electron chi connectivity index (χ4n) is 3.85. The Balaban J connectivity index is 1.44. The van der Waals surface area contributed by atoms with Gasteiger partial charge >= 0.3 is 0 Å². The highest BCUT2D eigenvalue weighted by atomic mass is 16.5. The van der Waals surface area contributed by atoms with Gasteiger partial charge in [-0.2, -0.15) is 0 Å². The highest BCUT2D eigenvalue weighted by Gasteiger charge is 2.33. The Morgan fingerprint density at radius 3 is 2.79 bits per heavy atom. The van der Waals surface area contributed by atoms with Gasteiger partial charge in [0.05, 0.1) is 22.7 Å². The zero-order valence-electron chi connectivity index (χ0n) is 13.8. The number of nitrogens with zero attached hydrogens (tertiary/aromatic N) is 4. The summed E-state index contributed by atoms with van der Waals surface area (Å²) in [7, 11) is 0. The van der Waals surface area contributed by atoms with Crippen molar-refractivity contribution in [3.05, 3.63) is 23.5 Å². The van der Waals surface area contributed by atoms with E-state index in [1.54, 1.807) is 6.20 Å². The topological polar surface area (TPSA) is 82.7 Å². The minimum atomic E-state index is -0.213. The molecule has 128 valence electrons. The van der Waals surface area contributed by atoms with Gasteiger partial charge < -0.3 is 14.5 Å². The molecule has 1 aliphatic carbocycles. The number of pyridine rings is 1. The van der Waals surface area contributed by atoms with E-state index in [2.05, 4.69) is 15.0 Å². The second kappa shape index (κ2) is 6.14. The van der Waals surface area contributed by atoms with E-state index in [1.807, 2.05) is 17.9 Å². The Morgan fingerprint density at radius 1 is 1.29 bits per heavy atom. The summed E-state index contributed by atoms with van der Waals surface area (Å²) in [6.45, 7) is 4.84. The SMILES string of the molecule is Cc1noc2ncc(C(=O)N3CCN([C@@H]4CCC[C@@H]4O)CC3)cc12. The summed E-state index contributed by atoms with van der Waals surface area (Å²) in [5.74, 6) is -0.00313. The summed E-state index contributed by atoms with van der Waals surface area (Å²) >= 11 is 0. The number of amides is 1. The molecule has 4 rings (SSSR count). The Kier molecular flexibility index (Phi) is 3.97. The molecule has 1 saturated carbocycles. The van der Waals surface area contributed by atoms with Crippen LogP contribution in [0.5, 0.6) is 0 Å². The number of rotatable bonds is 2. The Bertz CT molecular complexity index is 751. The molecule has 7 nitrogen and oxygen atoms in total. The van der Waals surface area contributed by atoms with Gasteiger partial charge in [0, 0.05) is 38.4 Å². The largest absolute Gasteiger partial charge is 0.391 e. The summed E-state index contributed by atoms with van der Waals surface area (Å²) in [5, 5.41) is 14.7. The molecule has 24 heavy (non-hydrogen) atoms. The Labute approximate surface area is 140 Å². The number of aryl methyl sites for hydroxylation is 1. The van der Waals surface area contributed by atoms with Crippen LogP contribution in [0.1, 0.15) is 35.3 Å². The van der Waals surface area contributed by atoms with E-state index in [9.17, 15) is 9.90 Å². The number of fused-ring (bicyclic) bond motifs is 1. The van der Waals surface area contributed by atoms with Crippen molar-refractivity contribution in [2.75, 3.05) is 26.2 Å². The van der Waals surface area contributed by atoms with Gasteiger partial charge in [-0.1, -0.05) is 5.16 Å². The van der Waals surface area contributed by atoms with Crippen molar-refractivity contribution in [2.24, 2.45) is 0 Å². The number of aliphatic hydroxyl groups is 1. The summed E-state index contributed by atoms with van der Waals surface area (Å²) in [6, 6.07) is 2.07. The monoisotopic (exact) mass is 330 g/mol. The van der Waals surface area contributed by atoms with Crippen molar-refractivity contribution in [1.29, 1.82) is 0 Å². The minimum Gasteiger partial charge on any atom is -0.391 e. The maximum atomic E-state index is 12.7. The van der Waals surface area contributed by atoms with Crippen LogP contribution < -0.4 is 0 Å². The molecule has 2 aliphatic rings. The Hall–Kier alpha value is -1.99. The predicted molar refractivity (Wildman–Crippen MR) is 87.7 cm³/mol. The highest BCUT2D eigenvalue weighted by Crippen LogP contribution is 2.25. The number of aliphatic hydroxyl groups excluding tert-OH is 1. The van der Waals surface area contributed by atoms with Crippen LogP contribution in [0, 0.1) is 6.92 Å². The van der Waals surface area contributed by atoms with E-state index < -0.39 is 0 Å². The average Bonchev–Trinajstić information content (AvgIpc) is 3.20. The van der Waals surface area contributed by atoms with Gasteiger partial charge in [-0.05, 0) is 32.3 Å². The van der Waals surface area contributed by atoms with Gasteiger partial charge in [-0.15, -0.1) is 0 Å². The van der Waals surface area contributed by atoms with Gasteiger partial charge in [-0.3, -0.25) is 9.69 Å². The first kappa shape index (κ1) is 15.5. The fraction of sp³-hybridized carbons (Fsp3) is 0.588. The van der Waals surface area contributed by atoms with Gasteiger partial charge in [0.15, 0.2) is 0 Å². The zero-order chi connectivity index (χ0) is 16.7. The molecule has 0 spiro atoms. The van der Waals surface area contributed by atoms with E-state index in [1.165, 1.54) is 0 Å². The van der Waals surface area contributed by atoms with Crippen LogP contribution >= 0.6 is 0 Å². The molecule has 2 aromatic rings. The average molecular weight is 330 g/mol. The lowest BCUT2D eigenvalue weighted by Crippen LogP contribution is -2.53. The van der Waals surface area contributed by atoms with Crippen LogP contribution in [-0.2, 0) is 0 Å². The molecule has 7 heteroatoms. The third-order valence-electron chi connectivity index (χ3n) is 5.27. The van der Waals surface area contributed by atoms with Crippen molar-refractivity contribution in [3.8, 4) is 0 Å². The molecule has 2 aromatic heterocycles. The maximum Gasteiger partial charge on any atom is 0.257 e. The third-order valence-corrected chi connectivity index (χ3v) is 5.27. The lowest BCUT2D eigenvalue weighted by Gasteiger charge is -2.39. The first-order chi connectivity index (χ1) is 11.6. The number of aromatic nitrogens is 2. The van der Waals surface area contributed by atoms with Gasteiger partial charge in [0.2, 0.25) is 0 Å². The Morgan fingerprint density at radius 2 is 2.08 bits per heavy atom. The summed E-state index contributed by atoms with van der Waals surface area (Å²) < 4.78 is 5.09. The van der Waals surface area contributed by atoms with Crippen LogP contribution in [0.2, 0.25) is 0 Å². The number of hydrogen-bond acceptors (Lipinski definition) is 6. The van der Waals surface area contributed by atoms with E-state index in [0.29, 0.717) is 24.4 Å². The third kappa shape index (κ3) is 2.67. The summed E-state index contributed by atoms with van der Waals surface area (Å²) in [5.41, 5.74) is 1.78. The molecule has 2 atom stereocenters. The predicted octanol–water partition coefficient (Wildman–Crippen LogP) is 1.20. The van der Waals surface area contributed by atoms with Crippen LogP contribution in [0.15, 0.2) is 16.8 Å². The van der Waals surface area contributed by atoms with Gasteiger partial charge in [-0.25, -0.2) is 4.98 Å². The standard InChI is InChI=1S/C17H22N4O3/c1-11-13-9-12(10-18-16(13)24-19-11)17(23)21-7-5-20(6-8-21)14-3-2-4-15(14)22/h9-10,14-15,22H,2-8H2,1H3/t14-,15+/m1/s1. The molecule has 0 bridgehead atoms. The lowest BCUT2D eigenvalue weighted by atomic mass is 10.1. The van der Waals surface area contributed by atoms with E-state index in [4.69, 9.17) is 4.52 Å². The molecule has 0 aromatic carbocycles. The van der Waals surface area contributed by atoms with Gasteiger partial charge in [0.25, 0.3) is 11.6 Å². The second-order valence-corrected chi connectivity index (χ2v) is 6.74. The number of carbonyl (C=O) groups excluding carboxylic acids is 1. The smallest absolute Gasteiger partial charge is 0.257 e. The number of piperazine rings is 1. The molecule has 1 N–H and O–H groups in total. The normalized spacial score (nSPS) is 25.5. The van der Waals surface area contributed by atoms with Crippen molar-refractivity contribution >= 4 is 17.0 Å². The quantitative estimate of drug-likeness (QED) is 0.891. The van der Waals surface area contributed by atoms with Crippen LogP contribution in [0.25, 0.3) is 11.1 Å². The molecule has 1 saturated heterocycles. The first-order valence-electron chi connectivity index (χ1n) is 8.57. The maximum absolute atomic E-state index is 12.7. The van der Waals surface area contributed by atoms with E-state index in [0.717, 1.165) is 43.4 Å². The van der Waals surface area contributed by atoms with Gasteiger partial charge in [0.1, 0.15) is 0 Å². The van der Waals surface area contributed by atoms with Crippen LogP contribution in [-0.4, -0.2) is 69.3 Å². The summed E-state index contributed by atoms with van der Waals surface area (Å²) in [6.07, 6.45) is 4.39. The van der Waals surface area contributed by atoms with E-state index in [-0.39, 0.29) is 18.1 Å². The summed E-state index contributed by atoms with van der Waals surface area (Å²) in [4.78, 5) is 21.1. The minimum absolute atomic E-state index is 0.00313. The molecule has 3 heterocycles. The van der Waals surface area contributed by atoms with Crippen LogP contribution in [0.4, 0.5) is 0 Å². The molecule has 1 amide bonds. The fourth-order valence-corrected chi connectivity index (χ4v) is 3.85. The van der Waals surface area contributed by atoms with E-state index >= 15 is 0 Å². The van der Waals surface area contributed by atoms with Crippen molar-refractivity contribution < 1.29 is 14.4 Å². The molecule has 2 fully saturated rings. The number of hydrogen-bond donors (Lipinski definition) is 1. The first-order valence-corrected chi connectivity index (χ1v) is 8.57. The van der Waals surface area contributed by atoms with Crippen molar-refractivity contribution in [1.82, 2.24) is 19.9 Å². The van der Waals surface area contributed by atoms with Crippen molar-refractivity contribution in [2.45, 2.75) is 38.3 Å². The molecule has 1 aliphatic heterocycles. The van der Waals surface area contributed by atoms with Crippen LogP contribution in [0.3, 0.4) is 0 Å². The lowest BCUT2D eigenvalue weighted by molar-refractivity contribution is 0.0315. The molecule has 0 radical (unpaired) electrons. The second-order valence-electron chi connectivity index (χ2n) is 6.74. The van der Waals surface area contributed by atoms with Crippen molar-refractivity contribution in [3.63, 3.8) is 0 Å².